The van der Waals surface area contributed by atoms with Gasteiger partial charge in [-0.25, -0.2) is 0 Å². The minimum Gasteiger partial charge on any atom is -0.352 e. The molecule has 0 aliphatic rings. The van der Waals surface area contributed by atoms with Crippen molar-refractivity contribution in [1.29, 1.82) is 0 Å². The van der Waals surface area contributed by atoms with Gasteiger partial charge in [0.15, 0.2) is 0 Å². The van der Waals surface area contributed by atoms with Crippen molar-refractivity contribution >= 4 is 33.9 Å². The Hall–Kier alpha value is -2.36. The first-order valence-corrected chi connectivity index (χ1v) is 4.95. The van der Waals surface area contributed by atoms with Crippen LogP contribution in [0.5, 0.6) is 0 Å². The van der Waals surface area contributed by atoms with Gasteiger partial charge in [0.2, 0.25) is 6.41 Å². The van der Waals surface area contributed by atoms with E-state index in [4.69, 9.17) is 0 Å². The topological polar surface area (TPSA) is 57.8 Å². The number of hydrogen-bond donors (Lipinski definition) is 2. The van der Waals surface area contributed by atoms with E-state index in [-0.39, 0.29) is 0 Å². The van der Waals surface area contributed by atoms with E-state index in [9.17, 15) is 4.79 Å². The molecule has 0 bridgehead atoms. The summed E-state index contributed by atoms with van der Waals surface area (Å²) in [7, 11) is 0. The molecule has 0 radical (unpaired) electrons. The van der Waals surface area contributed by atoms with Crippen LogP contribution in [0.15, 0.2) is 36.7 Å². The number of hydrogen-bond acceptors (Lipinski definition) is 2. The molecule has 2 aromatic heterocycles. The molecule has 78 valence electrons. The SMILES string of the molecule is O=CNc1cccc2c1[nH]c1cnccc12. The third-order valence-corrected chi connectivity index (χ3v) is 2.65. The standard InChI is InChI=1S/C12H9N3O/c16-7-14-10-3-1-2-9-8-4-5-13-6-11(8)15-12(9)10/h1-7,15H,(H,14,16). The van der Waals surface area contributed by atoms with E-state index in [1.165, 1.54) is 0 Å². The van der Waals surface area contributed by atoms with Crippen molar-refractivity contribution in [2.45, 2.75) is 0 Å². The second-order valence-corrected chi connectivity index (χ2v) is 3.54. The van der Waals surface area contributed by atoms with Gasteiger partial charge in [-0.15, -0.1) is 0 Å². The number of carbonyl (C=O) groups is 1. The highest BCUT2D eigenvalue weighted by Gasteiger charge is 2.06. The number of amides is 1. The van der Waals surface area contributed by atoms with Crippen molar-refractivity contribution in [2.75, 3.05) is 5.32 Å². The monoisotopic (exact) mass is 211 g/mol. The van der Waals surface area contributed by atoms with Crippen molar-refractivity contribution < 1.29 is 4.79 Å². The van der Waals surface area contributed by atoms with E-state index in [2.05, 4.69) is 15.3 Å². The highest BCUT2D eigenvalue weighted by molar-refractivity contribution is 6.11. The van der Waals surface area contributed by atoms with Gasteiger partial charge in [-0.1, -0.05) is 12.1 Å². The van der Waals surface area contributed by atoms with Gasteiger partial charge in [-0.05, 0) is 12.1 Å². The molecule has 1 aromatic carbocycles. The quantitative estimate of drug-likeness (QED) is 0.639. The molecule has 16 heavy (non-hydrogen) atoms. The molecule has 4 nitrogen and oxygen atoms in total. The third kappa shape index (κ3) is 1.16. The van der Waals surface area contributed by atoms with Gasteiger partial charge in [0, 0.05) is 17.0 Å². The van der Waals surface area contributed by atoms with Crippen LogP contribution in [0.2, 0.25) is 0 Å². The van der Waals surface area contributed by atoms with E-state index in [0.29, 0.717) is 6.41 Å². The molecular formula is C12H9N3O. The highest BCUT2D eigenvalue weighted by atomic mass is 16.1. The Kier molecular flexibility index (Phi) is 1.86. The summed E-state index contributed by atoms with van der Waals surface area (Å²) in [5.74, 6) is 0. The molecule has 3 aromatic rings. The van der Waals surface area contributed by atoms with Crippen LogP contribution in [0, 0.1) is 0 Å². The van der Waals surface area contributed by atoms with Gasteiger partial charge >= 0.3 is 0 Å². The van der Waals surface area contributed by atoms with Gasteiger partial charge in [-0.3, -0.25) is 9.78 Å². The van der Waals surface area contributed by atoms with E-state index >= 15 is 0 Å². The van der Waals surface area contributed by atoms with Crippen LogP contribution < -0.4 is 5.32 Å². The predicted molar refractivity (Wildman–Crippen MR) is 63.3 cm³/mol. The lowest BCUT2D eigenvalue weighted by Crippen LogP contribution is -1.93. The minimum atomic E-state index is 0.679. The van der Waals surface area contributed by atoms with Crippen LogP contribution in [0.4, 0.5) is 5.69 Å². The molecule has 0 unspecified atom stereocenters. The smallest absolute Gasteiger partial charge is 0.211 e. The van der Waals surface area contributed by atoms with Crippen LogP contribution in [0.1, 0.15) is 0 Å². The zero-order valence-electron chi connectivity index (χ0n) is 8.40. The zero-order valence-corrected chi connectivity index (χ0v) is 8.40. The van der Waals surface area contributed by atoms with Crippen molar-refractivity contribution in [3.05, 3.63) is 36.7 Å². The number of carbonyl (C=O) groups excluding carboxylic acids is 1. The fourth-order valence-corrected chi connectivity index (χ4v) is 1.96. The molecule has 0 saturated heterocycles. The molecule has 2 N–H and O–H groups in total. The third-order valence-electron chi connectivity index (χ3n) is 2.65. The Morgan fingerprint density at radius 3 is 3.06 bits per heavy atom. The number of benzene rings is 1. The summed E-state index contributed by atoms with van der Waals surface area (Å²) < 4.78 is 0. The Bertz CT molecular complexity index is 672. The van der Waals surface area contributed by atoms with Crippen molar-refractivity contribution in [3.8, 4) is 0 Å². The number of nitrogens with one attached hydrogen (secondary N) is 2. The van der Waals surface area contributed by atoms with Crippen LogP contribution in [0.3, 0.4) is 0 Å². The number of aromatic nitrogens is 2. The number of H-pyrrole nitrogens is 1. The second-order valence-electron chi connectivity index (χ2n) is 3.54. The molecule has 3 rings (SSSR count). The van der Waals surface area contributed by atoms with Gasteiger partial charge in [0.1, 0.15) is 0 Å². The molecule has 0 fully saturated rings. The predicted octanol–water partition coefficient (Wildman–Crippen LogP) is 2.28. The summed E-state index contributed by atoms with van der Waals surface area (Å²) in [6, 6.07) is 7.75. The lowest BCUT2D eigenvalue weighted by Gasteiger charge is -1.99. The van der Waals surface area contributed by atoms with Gasteiger partial charge in [-0.2, -0.15) is 0 Å². The maximum atomic E-state index is 10.5. The molecule has 2 heterocycles. The first-order chi connectivity index (χ1) is 7.90. The Labute approximate surface area is 91.3 Å². The van der Waals surface area contributed by atoms with Gasteiger partial charge in [0.05, 0.1) is 22.9 Å². The molecule has 4 heteroatoms. The highest BCUT2D eigenvalue weighted by Crippen LogP contribution is 2.29. The van der Waals surface area contributed by atoms with Gasteiger partial charge in [0.25, 0.3) is 0 Å². The second kappa shape index (κ2) is 3.34. The number of nitrogens with zero attached hydrogens (tertiary/aromatic N) is 1. The van der Waals surface area contributed by atoms with E-state index < -0.39 is 0 Å². The fourth-order valence-electron chi connectivity index (χ4n) is 1.96. The van der Waals surface area contributed by atoms with Crippen molar-refractivity contribution in [2.24, 2.45) is 0 Å². The van der Waals surface area contributed by atoms with Crippen LogP contribution in [-0.4, -0.2) is 16.4 Å². The Morgan fingerprint density at radius 2 is 2.19 bits per heavy atom. The molecule has 1 amide bonds. The number of para-hydroxylation sites is 1. The summed E-state index contributed by atoms with van der Waals surface area (Å²) >= 11 is 0. The maximum Gasteiger partial charge on any atom is 0.211 e. The van der Waals surface area contributed by atoms with E-state index in [0.717, 1.165) is 27.5 Å². The lowest BCUT2D eigenvalue weighted by atomic mass is 10.2. The van der Waals surface area contributed by atoms with Crippen LogP contribution in [-0.2, 0) is 4.79 Å². The first kappa shape index (κ1) is 8.91. The maximum absolute atomic E-state index is 10.5. The fraction of sp³-hybridized carbons (Fsp3) is 0. The first-order valence-electron chi connectivity index (χ1n) is 4.95. The molecule has 0 aliphatic heterocycles. The van der Waals surface area contributed by atoms with Crippen molar-refractivity contribution in [3.63, 3.8) is 0 Å². The number of aromatic amines is 1. The summed E-state index contributed by atoms with van der Waals surface area (Å²) in [4.78, 5) is 17.8. The lowest BCUT2D eigenvalue weighted by molar-refractivity contribution is -0.105. The van der Waals surface area contributed by atoms with Crippen LogP contribution >= 0.6 is 0 Å². The molecule has 0 spiro atoms. The Balaban J connectivity index is 2.43. The molecule has 0 saturated carbocycles. The number of anilines is 1. The summed E-state index contributed by atoms with van der Waals surface area (Å²) in [5, 5.41) is 4.88. The number of pyridine rings is 1. The summed E-state index contributed by atoms with van der Waals surface area (Å²) in [6.45, 7) is 0. The van der Waals surface area contributed by atoms with Crippen LogP contribution in [0.25, 0.3) is 21.8 Å². The largest absolute Gasteiger partial charge is 0.352 e. The van der Waals surface area contributed by atoms with E-state index in [1.807, 2.05) is 24.3 Å². The summed E-state index contributed by atoms with van der Waals surface area (Å²) in [6.07, 6.45) is 4.22. The Morgan fingerprint density at radius 1 is 1.25 bits per heavy atom. The number of fused-ring (bicyclic) bond motifs is 3. The minimum absolute atomic E-state index is 0.679. The average Bonchev–Trinajstić information content (AvgIpc) is 2.69. The average molecular weight is 211 g/mol. The number of rotatable bonds is 2. The van der Waals surface area contributed by atoms with Gasteiger partial charge < -0.3 is 10.3 Å². The molecule has 0 atom stereocenters. The van der Waals surface area contributed by atoms with Crippen molar-refractivity contribution in [1.82, 2.24) is 9.97 Å². The van der Waals surface area contributed by atoms with E-state index in [1.54, 1.807) is 12.4 Å². The molecule has 0 aliphatic carbocycles. The molecular weight excluding hydrogens is 202 g/mol. The normalized spacial score (nSPS) is 10.8. The summed E-state index contributed by atoms with van der Waals surface area (Å²) in [5.41, 5.74) is 2.68. The zero-order chi connectivity index (χ0) is 11.0.